The number of amides is 1. The highest BCUT2D eigenvalue weighted by Gasteiger charge is 2.27. The lowest BCUT2D eigenvalue weighted by Gasteiger charge is -2.34. The van der Waals surface area contributed by atoms with Gasteiger partial charge in [0.15, 0.2) is 0 Å². The van der Waals surface area contributed by atoms with Gasteiger partial charge in [-0.2, -0.15) is 5.10 Å². The molecule has 5 heteroatoms. The largest absolute Gasteiger partial charge is 0.318 e. The molecule has 1 aromatic heterocycles. The number of aryl methyl sites for hydroxylation is 1. The zero-order valence-electron chi connectivity index (χ0n) is 14.1. The van der Waals surface area contributed by atoms with Crippen molar-refractivity contribution in [3.8, 4) is 23.5 Å². The summed E-state index contributed by atoms with van der Waals surface area (Å²) < 4.78 is 1.93. The maximum absolute atomic E-state index is 12.0. The molecule has 1 aliphatic rings. The van der Waals surface area contributed by atoms with Crippen molar-refractivity contribution in [3.63, 3.8) is 0 Å². The summed E-state index contributed by atoms with van der Waals surface area (Å²) in [5, 5.41) is 7.51. The Morgan fingerprint density at radius 3 is 3.00 bits per heavy atom. The Kier molecular flexibility index (Phi) is 4.68. The van der Waals surface area contributed by atoms with E-state index in [2.05, 4.69) is 28.6 Å². The molecule has 0 saturated heterocycles. The Morgan fingerprint density at radius 1 is 1.46 bits per heavy atom. The van der Waals surface area contributed by atoms with Crippen LogP contribution < -0.4 is 10.2 Å². The summed E-state index contributed by atoms with van der Waals surface area (Å²) in [6.07, 6.45) is 11.2. The monoisotopic (exact) mass is 322 g/mol. The number of hydrogen-bond acceptors (Lipinski definition) is 3. The summed E-state index contributed by atoms with van der Waals surface area (Å²) in [5.74, 6) is 2.72. The van der Waals surface area contributed by atoms with Gasteiger partial charge in [0.25, 0.3) is 0 Å². The van der Waals surface area contributed by atoms with Crippen LogP contribution in [0.2, 0.25) is 0 Å². The average Bonchev–Trinajstić information content (AvgIpc) is 3.07. The van der Waals surface area contributed by atoms with E-state index in [0.717, 1.165) is 48.3 Å². The minimum atomic E-state index is -0.148. The van der Waals surface area contributed by atoms with Crippen LogP contribution in [0.3, 0.4) is 0 Å². The van der Waals surface area contributed by atoms with Gasteiger partial charge in [-0.1, -0.05) is 12.0 Å². The van der Waals surface area contributed by atoms with Crippen LogP contribution in [0.4, 0.5) is 5.69 Å². The number of likely N-dealkylation sites (N-methyl/N-ethyl adjacent to an activating group) is 1. The van der Waals surface area contributed by atoms with Crippen LogP contribution in [0.5, 0.6) is 0 Å². The second-order valence-electron chi connectivity index (χ2n) is 6.05. The van der Waals surface area contributed by atoms with E-state index >= 15 is 0 Å². The number of benzene rings is 1. The van der Waals surface area contributed by atoms with E-state index in [9.17, 15) is 4.79 Å². The number of terminal acetylenes is 1. The summed E-state index contributed by atoms with van der Waals surface area (Å²) in [7, 11) is 1.93. The van der Waals surface area contributed by atoms with E-state index in [4.69, 9.17) is 6.42 Å². The van der Waals surface area contributed by atoms with Crippen LogP contribution in [0.15, 0.2) is 30.6 Å². The van der Waals surface area contributed by atoms with Crippen molar-refractivity contribution in [1.29, 1.82) is 0 Å². The molecule has 2 heterocycles. The number of anilines is 1. The molecule has 0 saturated carbocycles. The fourth-order valence-corrected chi connectivity index (χ4v) is 3.20. The van der Waals surface area contributed by atoms with Gasteiger partial charge in [-0.05, 0) is 43.1 Å². The van der Waals surface area contributed by atoms with Gasteiger partial charge < -0.3 is 5.32 Å². The number of carbonyl (C=O) groups excluding carboxylic acids is 1. The Labute approximate surface area is 142 Å². The predicted octanol–water partition coefficient (Wildman–Crippen LogP) is 2.07. The van der Waals surface area contributed by atoms with Crippen molar-refractivity contribution >= 4 is 11.6 Å². The molecule has 1 aromatic carbocycles. The molecule has 3 rings (SSSR count). The Hall–Kier alpha value is -2.58. The van der Waals surface area contributed by atoms with E-state index in [-0.39, 0.29) is 11.9 Å². The minimum Gasteiger partial charge on any atom is -0.318 e. The van der Waals surface area contributed by atoms with Crippen molar-refractivity contribution in [2.24, 2.45) is 0 Å². The van der Waals surface area contributed by atoms with E-state index in [1.165, 1.54) is 0 Å². The summed E-state index contributed by atoms with van der Waals surface area (Å²) in [6.45, 7) is 3.29. The first-order valence-electron chi connectivity index (χ1n) is 8.20. The van der Waals surface area contributed by atoms with Crippen LogP contribution in [0.25, 0.3) is 11.1 Å². The Bertz CT molecular complexity index is 787. The topological polar surface area (TPSA) is 50.2 Å². The number of aromatic nitrogens is 2. The Balaban J connectivity index is 1.91. The van der Waals surface area contributed by atoms with Crippen LogP contribution in [0, 0.1) is 12.3 Å². The molecule has 0 aliphatic carbocycles. The van der Waals surface area contributed by atoms with E-state index < -0.39 is 0 Å². The maximum Gasteiger partial charge on any atom is 0.224 e. The number of nitrogens with one attached hydrogen (secondary N) is 1. The fraction of sp³-hybridized carbons (Fsp3) is 0.368. The SMILES string of the molecule is C#CC1CCc2cc(-c3cnn(CCNC)c3)ccc2N1C(C)=O. The lowest BCUT2D eigenvalue weighted by Crippen LogP contribution is -2.41. The quantitative estimate of drug-likeness (QED) is 0.877. The molecule has 0 fully saturated rings. The summed E-state index contributed by atoms with van der Waals surface area (Å²) in [5.41, 5.74) is 4.30. The van der Waals surface area contributed by atoms with Crippen molar-refractivity contribution in [1.82, 2.24) is 15.1 Å². The molecule has 0 bridgehead atoms. The molecule has 5 nitrogen and oxygen atoms in total. The molecule has 1 atom stereocenters. The van der Waals surface area contributed by atoms with Gasteiger partial charge in [0.1, 0.15) is 0 Å². The molecule has 0 radical (unpaired) electrons. The van der Waals surface area contributed by atoms with Crippen LogP contribution >= 0.6 is 0 Å². The molecule has 1 amide bonds. The zero-order chi connectivity index (χ0) is 17.1. The number of fused-ring (bicyclic) bond motifs is 1. The zero-order valence-corrected chi connectivity index (χ0v) is 14.1. The Morgan fingerprint density at radius 2 is 2.29 bits per heavy atom. The van der Waals surface area contributed by atoms with Gasteiger partial charge in [-0.15, -0.1) is 6.42 Å². The summed E-state index contributed by atoms with van der Waals surface area (Å²) >= 11 is 0. The fourth-order valence-electron chi connectivity index (χ4n) is 3.20. The minimum absolute atomic E-state index is 0.00784. The first-order valence-corrected chi connectivity index (χ1v) is 8.20. The predicted molar refractivity (Wildman–Crippen MR) is 95.7 cm³/mol. The third kappa shape index (κ3) is 3.06. The molecule has 24 heavy (non-hydrogen) atoms. The van der Waals surface area contributed by atoms with Crippen molar-refractivity contribution < 1.29 is 4.79 Å². The van der Waals surface area contributed by atoms with E-state index in [0.29, 0.717) is 0 Å². The normalized spacial score (nSPS) is 16.5. The van der Waals surface area contributed by atoms with Gasteiger partial charge >= 0.3 is 0 Å². The van der Waals surface area contributed by atoms with Gasteiger partial charge in [-0.25, -0.2) is 0 Å². The van der Waals surface area contributed by atoms with E-state index in [1.807, 2.05) is 30.1 Å². The molecule has 1 unspecified atom stereocenters. The third-order valence-electron chi connectivity index (χ3n) is 4.43. The van der Waals surface area contributed by atoms with Gasteiger partial charge in [0.2, 0.25) is 5.91 Å². The smallest absolute Gasteiger partial charge is 0.224 e. The second-order valence-corrected chi connectivity index (χ2v) is 6.05. The number of rotatable bonds is 4. The molecular formula is C19H22N4O. The van der Waals surface area contributed by atoms with Crippen molar-refractivity contribution in [2.75, 3.05) is 18.5 Å². The van der Waals surface area contributed by atoms with Gasteiger partial charge in [0, 0.05) is 30.9 Å². The van der Waals surface area contributed by atoms with Crippen LogP contribution in [-0.2, 0) is 17.8 Å². The highest BCUT2D eigenvalue weighted by Crippen LogP contribution is 2.34. The molecule has 0 spiro atoms. The molecule has 2 aromatic rings. The maximum atomic E-state index is 12.0. The standard InChI is InChI=1S/C19H22N4O/c1-4-18-7-5-16-11-15(6-8-19(16)23(18)14(2)24)17-12-21-22(13-17)10-9-20-3/h1,6,8,11-13,18,20H,5,7,9-10H2,2-3H3. The lowest BCUT2D eigenvalue weighted by atomic mass is 9.93. The number of carbonyl (C=O) groups is 1. The van der Waals surface area contributed by atoms with Crippen LogP contribution in [0.1, 0.15) is 18.9 Å². The van der Waals surface area contributed by atoms with Gasteiger partial charge in [0.05, 0.1) is 18.8 Å². The molecular weight excluding hydrogens is 300 g/mol. The highest BCUT2D eigenvalue weighted by molar-refractivity contribution is 5.94. The molecule has 1 N–H and O–H groups in total. The highest BCUT2D eigenvalue weighted by atomic mass is 16.2. The van der Waals surface area contributed by atoms with Crippen molar-refractivity contribution in [3.05, 3.63) is 36.2 Å². The summed E-state index contributed by atoms with van der Waals surface area (Å²) in [4.78, 5) is 13.7. The second kappa shape index (κ2) is 6.90. The first kappa shape index (κ1) is 16.3. The van der Waals surface area contributed by atoms with Crippen molar-refractivity contribution in [2.45, 2.75) is 32.4 Å². The van der Waals surface area contributed by atoms with Crippen LogP contribution in [-0.4, -0.2) is 35.3 Å². The average molecular weight is 322 g/mol. The number of nitrogens with zero attached hydrogens (tertiary/aromatic N) is 3. The molecule has 124 valence electrons. The third-order valence-corrected chi connectivity index (χ3v) is 4.43. The van der Waals surface area contributed by atoms with E-state index in [1.54, 1.807) is 11.8 Å². The number of hydrogen-bond donors (Lipinski definition) is 1. The first-order chi connectivity index (χ1) is 11.6. The molecule has 1 aliphatic heterocycles. The lowest BCUT2D eigenvalue weighted by molar-refractivity contribution is -0.116. The van der Waals surface area contributed by atoms with Gasteiger partial charge in [-0.3, -0.25) is 14.4 Å². The summed E-state index contributed by atoms with van der Waals surface area (Å²) in [6, 6.07) is 6.04.